The molecule has 6 heteroatoms. The van der Waals surface area contributed by atoms with E-state index in [9.17, 15) is 0 Å². The van der Waals surface area contributed by atoms with E-state index in [-0.39, 0.29) is 24.0 Å². The molecule has 28 heavy (non-hydrogen) atoms. The number of halogens is 1. The zero-order valence-electron chi connectivity index (χ0n) is 18.1. The highest BCUT2D eigenvalue weighted by Crippen LogP contribution is 2.40. The monoisotopic (exact) mass is 502 g/mol. The third kappa shape index (κ3) is 8.15. The first kappa shape index (κ1) is 25.0. The third-order valence-corrected chi connectivity index (χ3v) is 5.49. The maximum absolute atomic E-state index is 5.63. The number of benzene rings is 1. The molecule has 1 fully saturated rings. The van der Waals surface area contributed by atoms with Gasteiger partial charge in [-0.1, -0.05) is 25.0 Å². The average Bonchev–Trinajstić information content (AvgIpc) is 3.13. The smallest absolute Gasteiger partial charge is 0.191 e. The molecule has 0 spiro atoms. The minimum atomic E-state index is 0. The second-order valence-electron chi connectivity index (χ2n) is 7.76. The molecule has 0 atom stereocenters. The van der Waals surface area contributed by atoms with Crippen LogP contribution in [0, 0.1) is 5.41 Å². The van der Waals surface area contributed by atoms with E-state index < -0.39 is 0 Å². The molecule has 0 aliphatic heterocycles. The molecule has 5 nitrogen and oxygen atoms in total. The summed E-state index contributed by atoms with van der Waals surface area (Å²) < 4.78 is 5.63. The number of hydrogen-bond donors (Lipinski definition) is 2. The number of nitrogens with one attached hydrogen (secondary N) is 2. The molecule has 0 radical (unpaired) electrons. The fraction of sp³-hybridized carbons (Fsp3) is 0.682. The van der Waals surface area contributed by atoms with Crippen molar-refractivity contribution in [3.8, 4) is 0 Å². The third-order valence-electron chi connectivity index (χ3n) is 5.49. The summed E-state index contributed by atoms with van der Waals surface area (Å²) in [6.45, 7) is 8.40. The standard InChI is InChI=1S/C22H38N4O.HI/c1-5-23-21(24-17-19-9-11-20(12-10-19)26(3)4)25-18-22(13-7-8-14-22)15-16-27-6-2;/h9-12H,5-8,13-18H2,1-4H3,(H2,23,24,25);1H. The number of ether oxygens (including phenoxy) is 1. The van der Waals surface area contributed by atoms with Crippen LogP contribution in [-0.4, -0.2) is 46.4 Å². The van der Waals surface area contributed by atoms with E-state index in [0.29, 0.717) is 12.0 Å². The predicted molar refractivity (Wildman–Crippen MR) is 131 cm³/mol. The van der Waals surface area contributed by atoms with Crippen LogP contribution in [0.1, 0.15) is 51.5 Å². The average molecular weight is 502 g/mol. The lowest BCUT2D eigenvalue weighted by atomic mass is 9.83. The van der Waals surface area contributed by atoms with Crippen molar-refractivity contribution in [3.05, 3.63) is 29.8 Å². The Morgan fingerprint density at radius 1 is 1.11 bits per heavy atom. The molecular weight excluding hydrogens is 463 g/mol. The molecule has 0 bridgehead atoms. The Bertz CT molecular complexity index is 568. The fourth-order valence-corrected chi connectivity index (χ4v) is 3.76. The second-order valence-corrected chi connectivity index (χ2v) is 7.76. The molecule has 0 saturated heterocycles. The summed E-state index contributed by atoms with van der Waals surface area (Å²) in [6.07, 6.45) is 6.38. The zero-order valence-corrected chi connectivity index (χ0v) is 20.4. The van der Waals surface area contributed by atoms with Gasteiger partial charge in [0.15, 0.2) is 5.96 Å². The van der Waals surface area contributed by atoms with E-state index in [1.807, 2.05) is 0 Å². The van der Waals surface area contributed by atoms with Gasteiger partial charge < -0.3 is 20.3 Å². The van der Waals surface area contributed by atoms with Crippen molar-refractivity contribution in [2.75, 3.05) is 45.3 Å². The fourth-order valence-electron chi connectivity index (χ4n) is 3.76. The van der Waals surface area contributed by atoms with Crippen LogP contribution < -0.4 is 15.5 Å². The van der Waals surface area contributed by atoms with Crippen molar-refractivity contribution >= 4 is 35.6 Å². The maximum Gasteiger partial charge on any atom is 0.191 e. The SMILES string of the molecule is CCNC(=NCc1ccc(N(C)C)cc1)NCC1(CCOCC)CCCC1.I. The molecule has 0 heterocycles. The maximum atomic E-state index is 5.63. The van der Waals surface area contributed by atoms with Gasteiger partial charge in [0.25, 0.3) is 0 Å². The van der Waals surface area contributed by atoms with E-state index in [1.54, 1.807) is 0 Å². The van der Waals surface area contributed by atoms with Crippen molar-refractivity contribution < 1.29 is 4.74 Å². The summed E-state index contributed by atoms with van der Waals surface area (Å²) in [5.41, 5.74) is 2.80. The molecule has 2 rings (SSSR count). The van der Waals surface area contributed by atoms with Crippen LogP contribution in [0.2, 0.25) is 0 Å². The summed E-state index contributed by atoms with van der Waals surface area (Å²) in [4.78, 5) is 6.91. The van der Waals surface area contributed by atoms with E-state index >= 15 is 0 Å². The van der Waals surface area contributed by atoms with Crippen molar-refractivity contribution in [2.24, 2.45) is 10.4 Å². The molecular formula is C22H39IN4O. The largest absolute Gasteiger partial charge is 0.382 e. The summed E-state index contributed by atoms with van der Waals surface area (Å²) in [6, 6.07) is 8.60. The van der Waals surface area contributed by atoms with E-state index in [0.717, 1.165) is 38.7 Å². The molecule has 1 aliphatic carbocycles. The normalized spacial score (nSPS) is 15.8. The molecule has 1 aromatic carbocycles. The molecule has 1 saturated carbocycles. The Morgan fingerprint density at radius 2 is 1.79 bits per heavy atom. The van der Waals surface area contributed by atoms with Crippen LogP contribution in [0.3, 0.4) is 0 Å². The van der Waals surface area contributed by atoms with Crippen molar-refractivity contribution in [2.45, 2.75) is 52.5 Å². The molecule has 1 aliphatic rings. The van der Waals surface area contributed by atoms with Crippen molar-refractivity contribution in [1.29, 1.82) is 0 Å². The quantitative estimate of drug-likeness (QED) is 0.215. The highest BCUT2D eigenvalue weighted by Gasteiger charge is 2.33. The first-order chi connectivity index (χ1) is 13.1. The van der Waals surface area contributed by atoms with Crippen LogP contribution in [0.25, 0.3) is 0 Å². The van der Waals surface area contributed by atoms with Gasteiger partial charge in [0.2, 0.25) is 0 Å². The summed E-state index contributed by atoms with van der Waals surface area (Å²) >= 11 is 0. The van der Waals surface area contributed by atoms with Gasteiger partial charge in [0, 0.05) is 46.1 Å². The van der Waals surface area contributed by atoms with E-state index in [2.05, 4.69) is 67.7 Å². The molecule has 2 N–H and O–H groups in total. The van der Waals surface area contributed by atoms with Crippen LogP contribution in [-0.2, 0) is 11.3 Å². The lowest BCUT2D eigenvalue weighted by molar-refractivity contribution is 0.105. The number of aliphatic imine (C=N–C) groups is 1. The van der Waals surface area contributed by atoms with Gasteiger partial charge in [-0.15, -0.1) is 24.0 Å². The molecule has 0 unspecified atom stereocenters. The first-order valence-electron chi connectivity index (χ1n) is 10.4. The molecule has 0 aromatic heterocycles. The van der Waals surface area contributed by atoms with Gasteiger partial charge in [0.1, 0.15) is 0 Å². The second kappa shape index (κ2) is 13.2. The van der Waals surface area contributed by atoms with Crippen molar-refractivity contribution in [1.82, 2.24) is 10.6 Å². The molecule has 1 aromatic rings. The lowest BCUT2D eigenvalue weighted by Crippen LogP contribution is -2.43. The van der Waals surface area contributed by atoms with Crippen LogP contribution >= 0.6 is 24.0 Å². The number of nitrogens with zero attached hydrogens (tertiary/aromatic N) is 2. The van der Waals surface area contributed by atoms with E-state index in [1.165, 1.54) is 36.9 Å². The van der Waals surface area contributed by atoms with Gasteiger partial charge in [-0.2, -0.15) is 0 Å². The number of anilines is 1. The van der Waals surface area contributed by atoms with Crippen molar-refractivity contribution in [3.63, 3.8) is 0 Å². The molecule has 160 valence electrons. The van der Waals surface area contributed by atoms with E-state index in [4.69, 9.17) is 9.73 Å². The first-order valence-corrected chi connectivity index (χ1v) is 10.4. The van der Waals surface area contributed by atoms with Crippen LogP contribution in [0.5, 0.6) is 0 Å². The van der Waals surface area contributed by atoms with Gasteiger partial charge in [0.05, 0.1) is 6.54 Å². The number of guanidine groups is 1. The zero-order chi connectivity index (χ0) is 19.5. The number of hydrogen-bond acceptors (Lipinski definition) is 3. The van der Waals surface area contributed by atoms with Crippen LogP contribution in [0.15, 0.2) is 29.3 Å². The minimum absolute atomic E-state index is 0. The predicted octanol–water partition coefficient (Wildman–Crippen LogP) is 4.41. The summed E-state index contributed by atoms with van der Waals surface area (Å²) in [5.74, 6) is 0.914. The topological polar surface area (TPSA) is 48.9 Å². The van der Waals surface area contributed by atoms with Crippen LogP contribution in [0.4, 0.5) is 5.69 Å². The Morgan fingerprint density at radius 3 is 2.36 bits per heavy atom. The Hall–Kier alpha value is -1.02. The Balaban J connectivity index is 0.00000392. The Labute approximate surface area is 188 Å². The number of rotatable bonds is 10. The minimum Gasteiger partial charge on any atom is -0.382 e. The highest BCUT2D eigenvalue weighted by atomic mass is 127. The van der Waals surface area contributed by atoms with Gasteiger partial charge >= 0.3 is 0 Å². The van der Waals surface area contributed by atoms with Gasteiger partial charge in [-0.05, 0) is 56.2 Å². The summed E-state index contributed by atoms with van der Waals surface area (Å²) in [5, 5.41) is 7.00. The summed E-state index contributed by atoms with van der Waals surface area (Å²) in [7, 11) is 4.12. The van der Waals surface area contributed by atoms with Gasteiger partial charge in [-0.25, -0.2) is 4.99 Å². The molecule has 0 amide bonds. The highest BCUT2D eigenvalue weighted by molar-refractivity contribution is 14.0. The van der Waals surface area contributed by atoms with Gasteiger partial charge in [-0.3, -0.25) is 0 Å². The lowest BCUT2D eigenvalue weighted by Gasteiger charge is -2.30. The Kier molecular flexibility index (Phi) is 11.8.